The lowest BCUT2D eigenvalue weighted by molar-refractivity contribution is 0.445. The van der Waals surface area contributed by atoms with Gasteiger partial charge in [0, 0.05) is 5.56 Å². The van der Waals surface area contributed by atoms with Crippen LogP contribution in [0.5, 0.6) is 0 Å². The molecule has 7 heteroatoms. The van der Waals surface area contributed by atoms with E-state index in [0.29, 0.717) is 10.6 Å². The van der Waals surface area contributed by atoms with Crippen molar-refractivity contribution in [3.05, 3.63) is 65.2 Å². The highest BCUT2D eigenvalue weighted by atomic mass is 35.5. The first-order chi connectivity index (χ1) is 10.1. The van der Waals surface area contributed by atoms with Gasteiger partial charge in [-0.05, 0) is 24.3 Å². The molecule has 21 heavy (non-hydrogen) atoms. The second kappa shape index (κ2) is 5.21. The van der Waals surface area contributed by atoms with Gasteiger partial charge in [-0.1, -0.05) is 23.7 Å². The van der Waals surface area contributed by atoms with Crippen LogP contribution in [-0.4, -0.2) is 14.8 Å². The second-order valence-corrected chi connectivity index (χ2v) is 4.61. The Balaban J connectivity index is 2.21. The van der Waals surface area contributed by atoms with Gasteiger partial charge in [-0.3, -0.25) is 4.57 Å². The highest BCUT2D eigenvalue weighted by Gasteiger charge is 2.19. The summed E-state index contributed by atoms with van der Waals surface area (Å²) in [5.41, 5.74) is 0.301. The van der Waals surface area contributed by atoms with Gasteiger partial charge >= 0.3 is 0 Å². The molecule has 0 N–H and O–H groups in total. The SMILES string of the molecule is Fc1ccc(-n2cnnc2-c2ccccc2Cl)c(F)c1F. The molecule has 0 aliphatic rings. The molecule has 0 fully saturated rings. The Kier molecular flexibility index (Phi) is 3.39. The fourth-order valence-corrected chi connectivity index (χ4v) is 2.16. The smallest absolute Gasteiger partial charge is 0.196 e. The van der Waals surface area contributed by atoms with Crippen LogP contribution in [0.25, 0.3) is 17.1 Å². The van der Waals surface area contributed by atoms with Gasteiger partial charge in [0.05, 0.1) is 10.7 Å². The summed E-state index contributed by atoms with van der Waals surface area (Å²) in [6.07, 6.45) is 1.20. The van der Waals surface area contributed by atoms with Gasteiger partial charge in [-0.25, -0.2) is 13.2 Å². The minimum atomic E-state index is -1.55. The van der Waals surface area contributed by atoms with Gasteiger partial charge in [-0.2, -0.15) is 0 Å². The normalized spacial score (nSPS) is 10.9. The molecule has 0 spiro atoms. The van der Waals surface area contributed by atoms with E-state index >= 15 is 0 Å². The van der Waals surface area contributed by atoms with Gasteiger partial charge in [0.25, 0.3) is 0 Å². The lowest BCUT2D eigenvalue weighted by Crippen LogP contribution is -2.03. The van der Waals surface area contributed by atoms with E-state index in [1.165, 1.54) is 10.9 Å². The Morgan fingerprint density at radius 2 is 1.71 bits per heavy atom. The van der Waals surface area contributed by atoms with Crippen LogP contribution in [0.15, 0.2) is 42.7 Å². The molecule has 1 aromatic heterocycles. The van der Waals surface area contributed by atoms with Crippen molar-refractivity contribution in [3.8, 4) is 17.1 Å². The predicted octanol–water partition coefficient (Wildman–Crippen LogP) is 4.01. The van der Waals surface area contributed by atoms with E-state index in [2.05, 4.69) is 10.2 Å². The van der Waals surface area contributed by atoms with Crippen molar-refractivity contribution in [1.29, 1.82) is 0 Å². The molecule has 0 aliphatic carbocycles. The molecule has 3 aromatic rings. The van der Waals surface area contributed by atoms with Crippen molar-refractivity contribution in [2.75, 3.05) is 0 Å². The van der Waals surface area contributed by atoms with E-state index in [-0.39, 0.29) is 11.5 Å². The topological polar surface area (TPSA) is 30.7 Å². The van der Waals surface area contributed by atoms with E-state index < -0.39 is 17.5 Å². The average Bonchev–Trinajstić information content (AvgIpc) is 2.94. The zero-order chi connectivity index (χ0) is 15.0. The summed E-state index contributed by atoms with van der Waals surface area (Å²) in [4.78, 5) is 0. The summed E-state index contributed by atoms with van der Waals surface area (Å²) in [5, 5.41) is 7.93. The minimum Gasteiger partial charge on any atom is -0.278 e. The summed E-state index contributed by atoms with van der Waals surface area (Å²) < 4.78 is 41.5. The largest absolute Gasteiger partial charge is 0.278 e. The summed E-state index contributed by atoms with van der Waals surface area (Å²) in [6.45, 7) is 0. The molecule has 0 atom stereocenters. The number of halogens is 4. The average molecular weight is 310 g/mol. The lowest BCUT2D eigenvalue weighted by Gasteiger charge is -2.09. The van der Waals surface area contributed by atoms with Crippen LogP contribution in [0, 0.1) is 17.5 Å². The molecular weight excluding hydrogens is 303 g/mol. The van der Waals surface area contributed by atoms with E-state index in [1.807, 2.05) is 0 Å². The number of hydrogen-bond donors (Lipinski definition) is 0. The summed E-state index contributed by atoms with van der Waals surface area (Å²) in [7, 11) is 0. The monoisotopic (exact) mass is 309 g/mol. The standard InChI is InChI=1S/C14H7ClF3N3/c15-9-4-2-1-3-8(9)14-20-19-7-21(14)11-6-5-10(16)12(17)13(11)18/h1-7H. The molecule has 0 aliphatic heterocycles. The molecule has 0 radical (unpaired) electrons. The maximum atomic E-state index is 13.9. The highest BCUT2D eigenvalue weighted by Crippen LogP contribution is 2.29. The van der Waals surface area contributed by atoms with Crippen LogP contribution in [0.1, 0.15) is 0 Å². The van der Waals surface area contributed by atoms with Gasteiger partial charge in [0.2, 0.25) is 0 Å². The molecule has 0 saturated heterocycles. The van der Waals surface area contributed by atoms with Crippen LogP contribution in [0.3, 0.4) is 0 Å². The Morgan fingerprint density at radius 1 is 0.952 bits per heavy atom. The van der Waals surface area contributed by atoms with Gasteiger partial charge in [0.1, 0.15) is 6.33 Å². The maximum Gasteiger partial charge on any atom is 0.196 e. The maximum absolute atomic E-state index is 13.9. The molecule has 1 heterocycles. The first-order valence-electron chi connectivity index (χ1n) is 5.88. The predicted molar refractivity (Wildman–Crippen MR) is 71.7 cm³/mol. The first kappa shape index (κ1) is 13.6. The van der Waals surface area contributed by atoms with Crippen LogP contribution in [0.4, 0.5) is 13.2 Å². The van der Waals surface area contributed by atoms with Crippen molar-refractivity contribution in [1.82, 2.24) is 14.8 Å². The highest BCUT2D eigenvalue weighted by molar-refractivity contribution is 6.33. The second-order valence-electron chi connectivity index (χ2n) is 4.20. The van der Waals surface area contributed by atoms with E-state index in [9.17, 15) is 13.2 Å². The molecule has 0 unspecified atom stereocenters. The molecule has 106 valence electrons. The molecule has 3 nitrogen and oxygen atoms in total. The van der Waals surface area contributed by atoms with Crippen molar-refractivity contribution in [2.45, 2.75) is 0 Å². The zero-order valence-corrected chi connectivity index (χ0v) is 11.2. The number of rotatable bonds is 2. The third-order valence-electron chi connectivity index (χ3n) is 2.94. The minimum absolute atomic E-state index is 0.200. The number of nitrogens with zero attached hydrogens (tertiary/aromatic N) is 3. The quantitative estimate of drug-likeness (QED) is 0.670. The molecule has 0 saturated carbocycles. The van der Waals surface area contributed by atoms with Crippen LogP contribution >= 0.6 is 11.6 Å². The Labute approximate surface area is 122 Å². The van der Waals surface area contributed by atoms with Crippen molar-refractivity contribution < 1.29 is 13.2 Å². The fraction of sp³-hybridized carbons (Fsp3) is 0. The number of aromatic nitrogens is 3. The first-order valence-corrected chi connectivity index (χ1v) is 6.26. The summed E-state index contributed by atoms with van der Waals surface area (Å²) in [5.74, 6) is -3.90. The van der Waals surface area contributed by atoms with Gasteiger partial charge < -0.3 is 0 Å². The molecular formula is C14H7ClF3N3. The van der Waals surface area contributed by atoms with Crippen LogP contribution in [-0.2, 0) is 0 Å². The molecule has 3 rings (SSSR count). The van der Waals surface area contributed by atoms with Crippen LogP contribution in [0.2, 0.25) is 5.02 Å². The lowest BCUT2D eigenvalue weighted by atomic mass is 10.2. The van der Waals surface area contributed by atoms with E-state index in [0.717, 1.165) is 12.1 Å². The Hall–Kier alpha value is -2.34. The summed E-state index contributed by atoms with van der Waals surface area (Å²) in [6, 6.07) is 8.70. The Morgan fingerprint density at radius 3 is 2.48 bits per heavy atom. The van der Waals surface area contributed by atoms with Gasteiger partial charge in [-0.15, -0.1) is 10.2 Å². The Bertz CT molecular complexity index is 817. The van der Waals surface area contributed by atoms with Crippen molar-refractivity contribution >= 4 is 11.6 Å². The van der Waals surface area contributed by atoms with E-state index in [1.54, 1.807) is 24.3 Å². The third-order valence-corrected chi connectivity index (χ3v) is 3.27. The number of benzene rings is 2. The summed E-state index contributed by atoms with van der Waals surface area (Å²) >= 11 is 6.06. The molecule has 0 amide bonds. The fourth-order valence-electron chi connectivity index (χ4n) is 1.94. The van der Waals surface area contributed by atoms with E-state index in [4.69, 9.17) is 11.6 Å². The van der Waals surface area contributed by atoms with Gasteiger partial charge in [0.15, 0.2) is 23.3 Å². The zero-order valence-electron chi connectivity index (χ0n) is 10.4. The van der Waals surface area contributed by atoms with Crippen molar-refractivity contribution in [2.24, 2.45) is 0 Å². The molecule has 2 aromatic carbocycles. The molecule has 0 bridgehead atoms. The van der Waals surface area contributed by atoms with Crippen LogP contribution < -0.4 is 0 Å². The van der Waals surface area contributed by atoms with Crippen molar-refractivity contribution in [3.63, 3.8) is 0 Å². The third kappa shape index (κ3) is 2.27. The number of hydrogen-bond acceptors (Lipinski definition) is 2.